The first kappa shape index (κ1) is 13.9. The van der Waals surface area contributed by atoms with Crippen molar-refractivity contribution in [1.29, 1.82) is 5.26 Å². The highest BCUT2D eigenvalue weighted by Crippen LogP contribution is 2.33. The van der Waals surface area contributed by atoms with Crippen molar-refractivity contribution < 1.29 is 4.74 Å². The zero-order valence-electron chi connectivity index (χ0n) is 10.7. The van der Waals surface area contributed by atoms with Gasteiger partial charge in [0.15, 0.2) is 0 Å². The quantitative estimate of drug-likeness (QED) is 0.622. The first-order valence-corrected chi connectivity index (χ1v) is 7.27. The van der Waals surface area contributed by atoms with E-state index in [9.17, 15) is 5.26 Å². The minimum absolute atomic E-state index is 0.246. The highest BCUT2D eigenvalue weighted by molar-refractivity contribution is 9.10. The molecule has 0 aliphatic rings. The highest BCUT2D eigenvalue weighted by atomic mass is 79.9. The van der Waals surface area contributed by atoms with Crippen molar-refractivity contribution in [3.63, 3.8) is 0 Å². The van der Waals surface area contributed by atoms with Gasteiger partial charge >= 0.3 is 0 Å². The van der Waals surface area contributed by atoms with Gasteiger partial charge in [-0.05, 0) is 30.3 Å². The molecule has 3 rings (SSSR count). The molecule has 0 atom stereocenters. The predicted octanol–water partition coefficient (Wildman–Crippen LogP) is 5.31. The van der Waals surface area contributed by atoms with E-state index in [2.05, 4.69) is 27.0 Å². The highest BCUT2D eigenvalue weighted by Gasteiger charge is 2.11. The number of benzene rings is 2. The number of halogens is 2. The molecule has 1 aromatic heterocycles. The van der Waals surface area contributed by atoms with E-state index in [-0.39, 0.29) is 5.88 Å². The van der Waals surface area contributed by atoms with Crippen LogP contribution in [-0.2, 0) is 0 Å². The summed E-state index contributed by atoms with van der Waals surface area (Å²) in [5.41, 5.74) is 1.13. The molecule has 3 aromatic rings. The SMILES string of the molecule is N#Cc1cc2ccccc2nc1Oc1cc(Br)ccc1Cl. The third-order valence-corrected chi connectivity index (χ3v) is 3.71. The van der Waals surface area contributed by atoms with E-state index in [1.807, 2.05) is 30.3 Å². The van der Waals surface area contributed by atoms with Gasteiger partial charge in [0, 0.05) is 9.86 Å². The van der Waals surface area contributed by atoms with Crippen molar-refractivity contribution in [3.8, 4) is 17.7 Å². The second-order valence-electron chi connectivity index (χ2n) is 4.32. The maximum Gasteiger partial charge on any atom is 0.237 e. The average Bonchev–Trinajstić information content (AvgIpc) is 2.50. The minimum atomic E-state index is 0.246. The van der Waals surface area contributed by atoms with Crippen LogP contribution in [0, 0.1) is 11.3 Å². The minimum Gasteiger partial charge on any atom is -0.436 e. The lowest BCUT2D eigenvalue weighted by Gasteiger charge is -2.09. The zero-order valence-corrected chi connectivity index (χ0v) is 13.0. The van der Waals surface area contributed by atoms with Crippen LogP contribution in [-0.4, -0.2) is 4.98 Å². The number of nitrogens with zero attached hydrogens (tertiary/aromatic N) is 2. The first-order chi connectivity index (χ1) is 10.2. The van der Waals surface area contributed by atoms with Crippen molar-refractivity contribution in [1.82, 2.24) is 4.98 Å². The van der Waals surface area contributed by atoms with Crippen molar-refractivity contribution >= 4 is 38.4 Å². The Bertz CT molecular complexity index is 874. The van der Waals surface area contributed by atoms with E-state index in [1.165, 1.54) is 0 Å². The summed E-state index contributed by atoms with van der Waals surface area (Å²) in [5, 5.41) is 10.6. The lowest BCUT2D eigenvalue weighted by Crippen LogP contribution is -1.93. The largest absolute Gasteiger partial charge is 0.436 e. The zero-order chi connectivity index (χ0) is 14.8. The lowest BCUT2D eigenvalue weighted by molar-refractivity contribution is 0.463. The van der Waals surface area contributed by atoms with Gasteiger partial charge in [0.1, 0.15) is 17.4 Å². The van der Waals surface area contributed by atoms with Gasteiger partial charge < -0.3 is 4.74 Å². The molecule has 5 heteroatoms. The Morgan fingerprint density at radius 2 is 1.95 bits per heavy atom. The normalized spacial score (nSPS) is 10.3. The van der Waals surface area contributed by atoms with Crippen LogP contribution < -0.4 is 4.74 Å². The molecule has 0 bridgehead atoms. The van der Waals surface area contributed by atoms with Crippen LogP contribution in [0.3, 0.4) is 0 Å². The smallest absolute Gasteiger partial charge is 0.237 e. The molecule has 0 aliphatic heterocycles. The Hall–Kier alpha value is -2.09. The molecule has 21 heavy (non-hydrogen) atoms. The number of para-hydroxylation sites is 1. The summed E-state index contributed by atoms with van der Waals surface area (Å²) in [4.78, 5) is 4.39. The maximum absolute atomic E-state index is 9.27. The van der Waals surface area contributed by atoms with Crippen LogP contribution in [0.1, 0.15) is 5.56 Å². The summed E-state index contributed by atoms with van der Waals surface area (Å²) in [5.74, 6) is 0.696. The predicted molar refractivity (Wildman–Crippen MR) is 85.7 cm³/mol. The Morgan fingerprint density at radius 3 is 2.76 bits per heavy atom. The maximum atomic E-state index is 9.27. The van der Waals surface area contributed by atoms with Gasteiger partial charge in [0.05, 0.1) is 10.5 Å². The molecular formula is C16H8BrClN2O. The Labute approximate surface area is 134 Å². The van der Waals surface area contributed by atoms with Gasteiger partial charge in [-0.15, -0.1) is 0 Å². The number of fused-ring (bicyclic) bond motifs is 1. The summed E-state index contributed by atoms with van der Waals surface area (Å²) in [6.07, 6.45) is 0. The second-order valence-corrected chi connectivity index (χ2v) is 5.65. The number of rotatable bonds is 2. The van der Waals surface area contributed by atoms with Crippen molar-refractivity contribution in [2.45, 2.75) is 0 Å². The van der Waals surface area contributed by atoms with Crippen LogP contribution in [0.2, 0.25) is 5.02 Å². The third-order valence-electron chi connectivity index (χ3n) is 2.91. The molecule has 102 valence electrons. The van der Waals surface area contributed by atoms with Crippen molar-refractivity contribution in [3.05, 3.63) is 63.6 Å². The number of aromatic nitrogens is 1. The van der Waals surface area contributed by atoms with E-state index in [1.54, 1.807) is 18.2 Å². The van der Waals surface area contributed by atoms with Gasteiger partial charge in [-0.1, -0.05) is 45.7 Å². The number of pyridine rings is 1. The van der Waals surface area contributed by atoms with E-state index in [0.29, 0.717) is 16.3 Å². The van der Waals surface area contributed by atoms with Crippen LogP contribution in [0.5, 0.6) is 11.6 Å². The molecule has 3 nitrogen and oxygen atoms in total. The van der Waals surface area contributed by atoms with Crippen molar-refractivity contribution in [2.75, 3.05) is 0 Å². The molecule has 1 heterocycles. The molecule has 0 amide bonds. The topological polar surface area (TPSA) is 45.9 Å². The van der Waals surface area contributed by atoms with Crippen LogP contribution in [0.15, 0.2) is 53.0 Å². The van der Waals surface area contributed by atoms with Crippen LogP contribution >= 0.6 is 27.5 Å². The van der Waals surface area contributed by atoms with Gasteiger partial charge in [0.2, 0.25) is 5.88 Å². The van der Waals surface area contributed by atoms with Gasteiger partial charge in [-0.25, -0.2) is 4.98 Å². The summed E-state index contributed by atoms with van der Waals surface area (Å²) >= 11 is 9.46. The number of hydrogen-bond acceptors (Lipinski definition) is 3. The number of nitriles is 1. The monoisotopic (exact) mass is 358 g/mol. The molecule has 0 unspecified atom stereocenters. The first-order valence-electron chi connectivity index (χ1n) is 6.10. The molecule has 0 saturated heterocycles. The van der Waals surface area contributed by atoms with E-state index in [0.717, 1.165) is 15.4 Å². The Balaban J connectivity index is 2.11. The van der Waals surface area contributed by atoms with Gasteiger partial charge in [0.25, 0.3) is 0 Å². The fourth-order valence-electron chi connectivity index (χ4n) is 1.92. The van der Waals surface area contributed by atoms with E-state index >= 15 is 0 Å². The molecule has 2 aromatic carbocycles. The van der Waals surface area contributed by atoms with Crippen molar-refractivity contribution in [2.24, 2.45) is 0 Å². The fourth-order valence-corrected chi connectivity index (χ4v) is 2.41. The summed E-state index contributed by atoms with van der Waals surface area (Å²) in [6.45, 7) is 0. The molecule has 0 spiro atoms. The lowest BCUT2D eigenvalue weighted by atomic mass is 10.1. The van der Waals surface area contributed by atoms with E-state index in [4.69, 9.17) is 16.3 Å². The summed E-state index contributed by atoms with van der Waals surface area (Å²) in [7, 11) is 0. The average molecular weight is 360 g/mol. The van der Waals surface area contributed by atoms with Crippen LogP contribution in [0.25, 0.3) is 10.9 Å². The molecule has 0 radical (unpaired) electrons. The van der Waals surface area contributed by atoms with Gasteiger partial charge in [-0.3, -0.25) is 0 Å². The molecule has 0 N–H and O–H groups in total. The molecule has 0 fully saturated rings. The van der Waals surface area contributed by atoms with Gasteiger partial charge in [-0.2, -0.15) is 5.26 Å². The summed E-state index contributed by atoms with van der Waals surface area (Å²) in [6, 6.07) is 16.7. The standard InChI is InChI=1S/C16H8BrClN2O/c17-12-5-6-13(18)15(8-12)21-16-11(9-19)7-10-3-1-2-4-14(10)20-16/h1-8H. The fraction of sp³-hybridized carbons (Fsp3) is 0. The molecular weight excluding hydrogens is 352 g/mol. The number of ether oxygens (including phenoxy) is 1. The number of hydrogen-bond donors (Lipinski definition) is 0. The van der Waals surface area contributed by atoms with E-state index < -0.39 is 0 Å². The molecule has 0 aliphatic carbocycles. The van der Waals surface area contributed by atoms with Crippen LogP contribution in [0.4, 0.5) is 0 Å². The molecule has 0 saturated carbocycles. The third kappa shape index (κ3) is 2.85. The Morgan fingerprint density at radius 1 is 1.14 bits per heavy atom. The Kier molecular flexibility index (Phi) is 3.78. The summed E-state index contributed by atoms with van der Waals surface area (Å²) < 4.78 is 6.56. The second kappa shape index (κ2) is 5.72.